The summed E-state index contributed by atoms with van der Waals surface area (Å²) in [5, 5.41) is 3.55. The maximum absolute atomic E-state index is 13.2. The average Bonchev–Trinajstić information content (AvgIpc) is 3.44. The third-order valence-electron chi connectivity index (χ3n) is 8.22. The van der Waals surface area contributed by atoms with E-state index in [2.05, 4.69) is 16.3 Å². The van der Waals surface area contributed by atoms with E-state index < -0.39 is 5.97 Å². The van der Waals surface area contributed by atoms with Crippen LogP contribution in [0.4, 0.5) is 11.4 Å². The summed E-state index contributed by atoms with van der Waals surface area (Å²) in [6, 6.07) is 21.1. The van der Waals surface area contributed by atoms with Crippen LogP contribution in [0.15, 0.2) is 66.7 Å². The zero-order chi connectivity index (χ0) is 29.6. The molecule has 2 heterocycles. The maximum Gasteiger partial charge on any atom is 0.337 e. The van der Waals surface area contributed by atoms with E-state index >= 15 is 0 Å². The van der Waals surface area contributed by atoms with Crippen LogP contribution >= 0.6 is 0 Å². The fourth-order valence-corrected chi connectivity index (χ4v) is 6.03. The Bertz CT molecular complexity index is 1510. The monoisotopic (exact) mass is 565 g/mol. The lowest BCUT2D eigenvalue weighted by Crippen LogP contribution is -2.35. The number of amides is 1. The molecule has 1 fully saturated rings. The largest absolute Gasteiger partial charge is 0.465 e. The Balaban J connectivity index is 1.44. The first-order valence-electron chi connectivity index (χ1n) is 14.8. The fourth-order valence-electron chi connectivity index (χ4n) is 6.03. The quantitative estimate of drug-likeness (QED) is 0.191. The van der Waals surface area contributed by atoms with Gasteiger partial charge in [0.15, 0.2) is 5.78 Å². The first kappa shape index (κ1) is 29.3. The molecular formula is C35H39N3O4. The number of ketones is 1. The minimum atomic E-state index is -0.420. The summed E-state index contributed by atoms with van der Waals surface area (Å²) in [7, 11) is 1.35. The zero-order valence-electron chi connectivity index (χ0n) is 24.7. The van der Waals surface area contributed by atoms with E-state index in [1.54, 1.807) is 25.1 Å². The van der Waals surface area contributed by atoms with Gasteiger partial charge >= 0.3 is 5.97 Å². The molecule has 7 heteroatoms. The summed E-state index contributed by atoms with van der Waals surface area (Å²) in [5.74, 6) is -0.340. The molecule has 1 saturated heterocycles. The van der Waals surface area contributed by atoms with Gasteiger partial charge in [0.25, 0.3) is 0 Å². The molecule has 1 amide bonds. The van der Waals surface area contributed by atoms with Crippen molar-refractivity contribution in [2.75, 3.05) is 43.5 Å². The van der Waals surface area contributed by atoms with Gasteiger partial charge in [0.2, 0.25) is 5.91 Å². The second-order valence-electron chi connectivity index (χ2n) is 11.1. The minimum absolute atomic E-state index is 0.0955. The standard InChI is InChI=1S/C35H39N3O4/c1-24-22-28(35(41)42-3)12-14-30(24)33(25(2)39)34(26-10-6-4-7-11-26)36-29-13-15-31-27(23-29)16-21-38(31)32(40)17-20-37-18-8-5-9-19-37/h4,6-7,10-15,22-23,36H,5,8-9,16-21H2,1-3H3/b34-33+. The van der Waals surface area contributed by atoms with E-state index in [1.807, 2.05) is 54.3 Å². The number of methoxy groups -OCH3 is 1. The van der Waals surface area contributed by atoms with Gasteiger partial charge in [-0.05, 0) is 98.8 Å². The van der Waals surface area contributed by atoms with Crippen molar-refractivity contribution < 1.29 is 19.1 Å². The van der Waals surface area contributed by atoms with Gasteiger partial charge in [0.1, 0.15) is 0 Å². The number of rotatable bonds is 9. The van der Waals surface area contributed by atoms with Gasteiger partial charge in [-0.3, -0.25) is 9.59 Å². The predicted molar refractivity (Wildman–Crippen MR) is 167 cm³/mol. The summed E-state index contributed by atoms with van der Waals surface area (Å²) >= 11 is 0. The number of carbonyl (C=O) groups excluding carboxylic acids is 3. The summed E-state index contributed by atoms with van der Waals surface area (Å²) in [6.07, 6.45) is 5.06. The van der Waals surface area contributed by atoms with Crippen LogP contribution in [-0.4, -0.2) is 55.8 Å². The Morgan fingerprint density at radius 3 is 2.33 bits per heavy atom. The van der Waals surface area contributed by atoms with Crippen molar-refractivity contribution in [1.29, 1.82) is 0 Å². The van der Waals surface area contributed by atoms with E-state index in [1.165, 1.54) is 26.4 Å². The van der Waals surface area contributed by atoms with E-state index in [0.717, 1.165) is 59.7 Å². The molecular weight excluding hydrogens is 526 g/mol. The molecule has 0 bridgehead atoms. The number of likely N-dealkylation sites (tertiary alicyclic amines) is 1. The summed E-state index contributed by atoms with van der Waals surface area (Å²) in [4.78, 5) is 42.8. The molecule has 5 rings (SSSR count). The molecule has 2 aliphatic rings. The molecule has 218 valence electrons. The van der Waals surface area contributed by atoms with Crippen molar-refractivity contribution in [2.45, 2.75) is 46.0 Å². The number of hydrogen-bond donors (Lipinski definition) is 1. The number of Topliss-reactive ketones (excluding diaryl/α,β-unsaturated/α-hetero) is 1. The van der Waals surface area contributed by atoms with Gasteiger partial charge in [-0.1, -0.05) is 42.8 Å². The number of carbonyl (C=O) groups is 3. The van der Waals surface area contributed by atoms with E-state index in [0.29, 0.717) is 29.8 Å². The highest BCUT2D eigenvalue weighted by Crippen LogP contribution is 2.35. The molecule has 2 aliphatic heterocycles. The summed E-state index contributed by atoms with van der Waals surface area (Å²) in [6.45, 7) is 7.14. The Hall–Kier alpha value is -4.23. The number of hydrogen-bond acceptors (Lipinski definition) is 6. The molecule has 0 unspecified atom stereocenters. The van der Waals surface area contributed by atoms with Crippen molar-refractivity contribution in [2.24, 2.45) is 0 Å². The normalized spacial score (nSPS) is 15.5. The van der Waals surface area contributed by atoms with Crippen LogP contribution in [0.2, 0.25) is 0 Å². The molecule has 0 saturated carbocycles. The molecule has 0 aromatic heterocycles. The van der Waals surface area contributed by atoms with Gasteiger partial charge in [0, 0.05) is 36.5 Å². The lowest BCUT2D eigenvalue weighted by molar-refractivity contribution is -0.119. The first-order chi connectivity index (χ1) is 20.4. The molecule has 3 aromatic rings. The number of aryl methyl sites for hydroxylation is 1. The van der Waals surface area contributed by atoms with Crippen LogP contribution in [0.25, 0.3) is 11.3 Å². The highest BCUT2D eigenvalue weighted by molar-refractivity contribution is 6.28. The number of piperidine rings is 1. The Morgan fingerprint density at radius 2 is 1.64 bits per heavy atom. The number of anilines is 2. The number of ether oxygens (including phenoxy) is 1. The van der Waals surface area contributed by atoms with Crippen LogP contribution < -0.4 is 10.2 Å². The number of fused-ring (bicyclic) bond motifs is 1. The average molecular weight is 566 g/mol. The van der Waals surface area contributed by atoms with E-state index in [4.69, 9.17) is 4.74 Å². The van der Waals surface area contributed by atoms with E-state index in [9.17, 15) is 14.4 Å². The molecule has 0 radical (unpaired) electrons. The summed E-state index contributed by atoms with van der Waals surface area (Å²) < 4.78 is 4.88. The highest BCUT2D eigenvalue weighted by Gasteiger charge is 2.26. The smallest absolute Gasteiger partial charge is 0.337 e. The van der Waals surface area contributed by atoms with Gasteiger partial charge in [0.05, 0.1) is 18.4 Å². The summed E-state index contributed by atoms with van der Waals surface area (Å²) in [5.41, 5.74) is 6.99. The third-order valence-corrected chi connectivity index (χ3v) is 8.22. The van der Waals surface area contributed by atoms with Gasteiger partial charge in [-0.15, -0.1) is 0 Å². The number of benzene rings is 3. The Kier molecular flexibility index (Phi) is 9.18. The van der Waals surface area contributed by atoms with Crippen molar-refractivity contribution in [3.05, 3.63) is 94.5 Å². The third kappa shape index (κ3) is 6.47. The highest BCUT2D eigenvalue weighted by atomic mass is 16.5. The molecule has 0 aliphatic carbocycles. The molecule has 0 spiro atoms. The number of esters is 1. The molecule has 3 aromatic carbocycles. The van der Waals surface area contributed by atoms with Crippen molar-refractivity contribution in [3.8, 4) is 0 Å². The number of nitrogens with one attached hydrogen (secondary N) is 1. The predicted octanol–water partition coefficient (Wildman–Crippen LogP) is 6.12. The van der Waals surface area contributed by atoms with Crippen molar-refractivity contribution >= 4 is 40.3 Å². The maximum atomic E-state index is 13.2. The van der Waals surface area contributed by atoms with Crippen molar-refractivity contribution in [3.63, 3.8) is 0 Å². The molecule has 0 atom stereocenters. The Morgan fingerprint density at radius 1 is 0.881 bits per heavy atom. The molecule has 1 N–H and O–H groups in total. The first-order valence-corrected chi connectivity index (χ1v) is 14.8. The van der Waals surface area contributed by atoms with Gasteiger partial charge < -0.3 is 19.9 Å². The van der Waals surface area contributed by atoms with Gasteiger partial charge in [-0.2, -0.15) is 0 Å². The van der Waals surface area contributed by atoms with Crippen LogP contribution in [0.1, 0.15) is 65.2 Å². The second kappa shape index (κ2) is 13.2. The fraction of sp³-hybridized carbons (Fsp3) is 0.343. The lowest BCUT2D eigenvalue weighted by atomic mass is 9.92. The molecule has 7 nitrogen and oxygen atoms in total. The molecule has 42 heavy (non-hydrogen) atoms. The van der Waals surface area contributed by atoms with Crippen LogP contribution in [-0.2, 0) is 20.7 Å². The van der Waals surface area contributed by atoms with Crippen LogP contribution in [0.5, 0.6) is 0 Å². The number of nitrogens with zero attached hydrogens (tertiary/aromatic N) is 2. The topological polar surface area (TPSA) is 79.0 Å². The van der Waals surface area contributed by atoms with E-state index in [-0.39, 0.29) is 11.7 Å². The SMILES string of the molecule is COC(=O)c1ccc(/C(C(C)=O)=C(/Nc2ccc3c(c2)CCN3C(=O)CCN2CCCCC2)c2ccccc2)c(C)c1. The van der Waals surface area contributed by atoms with Crippen molar-refractivity contribution in [1.82, 2.24) is 4.90 Å². The second-order valence-corrected chi connectivity index (χ2v) is 11.1. The lowest BCUT2D eigenvalue weighted by Gasteiger charge is -2.27. The Labute approximate surface area is 248 Å². The van der Waals surface area contributed by atoms with Gasteiger partial charge in [-0.25, -0.2) is 4.79 Å². The number of allylic oxidation sites excluding steroid dienone is 1. The van der Waals surface area contributed by atoms with Crippen LogP contribution in [0, 0.1) is 6.92 Å². The minimum Gasteiger partial charge on any atom is -0.465 e. The van der Waals surface area contributed by atoms with Crippen LogP contribution in [0.3, 0.4) is 0 Å². The zero-order valence-corrected chi connectivity index (χ0v) is 24.7.